The molecule has 1 N–H and O–H groups in total. The first-order valence-corrected chi connectivity index (χ1v) is 3.63. The topological polar surface area (TPSA) is 41.1 Å². The molecule has 58 valence electrons. The zero-order valence-electron chi connectivity index (χ0n) is 6.00. The number of nitrogens with zero attached hydrogens (tertiary/aromatic N) is 3. The van der Waals surface area contributed by atoms with E-state index in [1.807, 2.05) is 12.1 Å². The van der Waals surface area contributed by atoms with Gasteiger partial charge < -0.3 is 5.43 Å². The van der Waals surface area contributed by atoms with Crippen LogP contribution in [-0.4, -0.2) is 22.0 Å². The molecule has 2 rings (SSSR count). The maximum absolute atomic E-state index is 5.64. The second-order valence-corrected chi connectivity index (χ2v) is 2.84. The molecule has 2 heterocycles. The van der Waals surface area contributed by atoms with E-state index in [0.717, 1.165) is 18.1 Å². The van der Waals surface area contributed by atoms with Crippen LogP contribution in [0.5, 0.6) is 0 Å². The summed E-state index contributed by atoms with van der Waals surface area (Å²) in [5.41, 5.74) is 3.96. The van der Waals surface area contributed by atoms with Gasteiger partial charge in [0.15, 0.2) is 5.82 Å². The minimum absolute atomic E-state index is 0.423. The quantitative estimate of drug-likeness (QED) is 0.628. The van der Waals surface area contributed by atoms with Crippen molar-refractivity contribution in [3.05, 3.63) is 17.0 Å². The summed E-state index contributed by atoms with van der Waals surface area (Å²) in [5.74, 6) is 0.764. The van der Waals surface area contributed by atoms with Gasteiger partial charge in [-0.25, -0.2) is 9.99 Å². The fourth-order valence-corrected chi connectivity index (χ4v) is 1.18. The Balaban J connectivity index is 2.43. The lowest BCUT2D eigenvalue weighted by molar-refractivity contribution is 0.418. The summed E-state index contributed by atoms with van der Waals surface area (Å²) in [7, 11) is 1.93. The molecule has 11 heavy (non-hydrogen) atoms. The highest BCUT2D eigenvalue weighted by Gasteiger charge is 2.17. The van der Waals surface area contributed by atoms with E-state index in [1.165, 1.54) is 0 Å². The molecule has 0 aromatic carbocycles. The van der Waals surface area contributed by atoms with Gasteiger partial charge in [0.1, 0.15) is 5.15 Å². The normalized spacial score (nSPS) is 16.2. The largest absolute Gasteiger partial charge is 0.301 e. The average molecular weight is 171 g/mol. The van der Waals surface area contributed by atoms with Crippen LogP contribution in [0.15, 0.2) is 6.20 Å². The minimum atomic E-state index is 0.423. The molecule has 0 radical (unpaired) electrons. The number of hydrazine groups is 1. The van der Waals surface area contributed by atoms with Crippen molar-refractivity contribution in [1.82, 2.24) is 15.0 Å². The van der Waals surface area contributed by atoms with Gasteiger partial charge in [-0.1, -0.05) is 11.6 Å². The van der Waals surface area contributed by atoms with Crippen LogP contribution in [0.2, 0.25) is 5.15 Å². The Morgan fingerprint density at radius 3 is 3.36 bits per heavy atom. The zero-order valence-corrected chi connectivity index (χ0v) is 6.76. The van der Waals surface area contributed by atoms with E-state index in [0.29, 0.717) is 5.15 Å². The van der Waals surface area contributed by atoms with Crippen molar-refractivity contribution in [2.75, 3.05) is 12.5 Å². The third-order valence-corrected chi connectivity index (χ3v) is 1.68. The lowest BCUT2D eigenvalue weighted by atomic mass is 10.4. The van der Waals surface area contributed by atoms with Gasteiger partial charge in [0.25, 0.3) is 0 Å². The van der Waals surface area contributed by atoms with Crippen LogP contribution < -0.4 is 5.43 Å². The van der Waals surface area contributed by atoms with Crippen LogP contribution in [0, 0.1) is 0 Å². The van der Waals surface area contributed by atoms with Gasteiger partial charge in [-0.3, -0.25) is 4.98 Å². The maximum Gasteiger partial charge on any atom is 0.165 e. The lowest BCUT2D eigenvalue weighted by Crippen LogP contribution is -2.16. The number of fused-ring (bicyclic) bond motifs is 1. The Hall–Kier alpha value is -0.870. The van der Waals surface area contributed by atoms with Gasteiger partial charge in [-0.05, 0) is 0 Å². The van der Waals surface area contributed by atoms with E-state index >= 15 is 0 Å². The first-order valence-electron chi connectivity index (χ1n) is 3.25. The molecule has 4 nitrogen and oxygen atoms in total. The molecule has 0 amide bonds. The van der Waals surface area contributed by atoms with E-state index in [9.17, 15) is 0 Å². The highest BCUT2D eigenvalue weighted by molar-refractivity contribution is 6.29. The Morgan fingerprint density at radius 1 is 1.73 bits per heavy atom. The first kappa shape index (κ1) is 6.82. The molecule has 0 bridgehead atoms. The minimum Gasteiger partial charge on any atom is -0.301 e. The lowest BCUT2D eigenvalue weighted by Gasteiger charge is -2.04. The van der Waals surface area contributed by atoms with Crippen molar-refractivity contribution in [2.45, 2.75) is 6.54 Å². The molecule has 1 aromatic heterocycles. The Labute approximate surface area is 69.2 Å². The molecule has 1 aliphatic heterocycles. The van der Waals surface area contributed by atoms with Crippen molar-refractivity contribution in [3.63, 3.8) is 0 Å². The van der Waals surface area contributed by atoms with Gasteiger partial charge in [0.05, 0.1) is 18.4 Å². The molecule has 0 spiro atoms. The van der Waals surface area contributed by atoms with Crippen molar-refractivity contribution in [3.8, 4) is 0 Å². The standard InChI is InChI=1S/C6H7ClN4/c1-11-3-4-6(10-11)9-5(7)2-8-4/h2H,3H2,1H3,(H,9,10). The summed E-state index contributed by atoms with van der Waals surface area (Å²) < 4.78 is 0. The van der Waals surface area contributed by atoms with E-state index in [2.05, 4.69) is 15.4 Å². The van der Waals surface area contributed by atoms with Crippen molar-refractivity contribution < 1.29 is 0 Å². The van der Waals surface area contributed by atoms with Gasteiger partial charge in [-0.2, -0.15) is 0 Å². The van der Waals surface area contributed by atoms with Crippen LogP contribution in [0.1, 0.15) is 5.69 Å². The predicted octanol–water partition coefficient (Wildman–Crippen LogP) is 0.902. The molecule has 0 saturated carbocycles. The second kappa shape index (κ2) is 2.32. The van der Waals surface area contributed by atoms with Crippen LogP contribution >= 0.6 is 11.6 Å². The molecule has 1 aliphatic rings. The highest BCUT2D eigenvalue weighted by atomic mass is 35.5. The van der Waals surface area contributed by atoms with E-state index < -0.39 is 0 Å². The number of aromatic nitrogens is 2. The van der Waals surface area contributed by atoms with Gasteiger partial charge in [0.2, 0.25) is 0 Å². The molecular formula is C6H7ClN4. The molecule has 0 aliphatic carbocycles. The van der Waals surface area contributed by atoms with Crippen molar-refractivity contribution in [1.29, 1.82) is 0 Å². The molecular weight excluding hydrogens is 164 g/mol. The molecule has 5 heteroatoms. The summed E-state index contributed by atoms with van der Waals surface area (Å²) >= 11 is 5.64. The van der Waals surface area contributed by atoms with Gasteiger partial charge >= 0.3 is 0 Å². The second-order valence-electron chi connectivity index (χ2n) is 2.46. The van der Waals surface area contributed by atoms with Crippen LogP contribution in [0.25, 0.3) is 0 Å². The summed E-state index contributed by atoms with van der Waals surface area (Å²) in [4.78, 5) is 8.16. The summed E-state index contributed by atoms with van der Waals surface area (Å²) in [6.07, 6.45) is 1.56. The van der Waals surface area contributed by atoms with Crippen LogP contribution in [0.3, 0.4) is 0 Å². The third-order valence-electron chi connectivity index (χ3n) is 1.50. The highest BCUT2D eigenvalue weighted by Crippen LogP contribution is 2.20. The number of anilines is 1. The van der Waals surface area contributed by atoms with Crippen molar-refractivity contribution >= 4 is 17.4 Å². The molecule has 0 unspecified atom stereocenters. The average Bonchev–Trinajstić information content (AvgIpc) is 2.27. The van der Waals surface area contributed by atoms with Gasteiger partial charge in [-0.15, -0.1) is 0 Å². The predicted molar refractivity (Wildman–Crippen MR) is 42.1 cm³/mol. The SMILES string of the molecule is CN1Cc2ncc(Cl)nc2N1. The molecule has 0 atom stereocenters. The molecule has 0 fully saturated rings. The Morgan fingerprint density at radius 2 is 2.55 bits per heavy atom. The smallest absolute Gasteiger partial charge is 0.165 e. The van der Waals surface area contributed by atoms with Crippen molar-refractivity contribution in [2.24, 2.45) is 0 Å². The Kier molecular flexibility index (Phi) is 1.44. The summed E-state index contributed by atoms with van der Waals surface area (Å²) in [6, 6.07) is 0. The number of rotatable bonds is 0. The number of hydrogen-bond acceptors (Lipinski definition) is 4. The zero-order chi connectivity index (χ0) is 7.84. The van der Waals surface area contributed by atoms with E-state index in [1.54, 1.807) is 6.20 Å². The summed E-state index contributed by atoms with van der Waals surface area (Å²) in [6.45, 7) is 0.777. The number of hydrogen-bond donors (Lipinski definition) is 1. The maximum atomic E-state index is 5.64. The number of halogens is 1. The van der Waals surface area contributed by atoms with Crippen LogP contribution in [-0.2, 0) is 6.54 Å². The Bertz CT molecular complexity index is 288. The third kappa shape index (κ3) is 1.15. The molecule has 1 aromatic rings. The fraction of sp³-hybridized carbons (Fsp3) is 0.333. The van der Waals surface area contributed by atoms with Gasteiger partial charge in [0, 0.05) is 7.05 Å². The van der Waals surface area contributed by atoms with Crippen LogP contribution in [0.4, 0.5) is 5.82 Å². The fourth-order valence-electron chi connectivity index (χ4n) is 1.04. The monoisotopic (exact) mass is 170 g/mol. The number of nitrogens with one attached hydrogen (secondary N) is 1. The molecule has 0 saturated heterocycles. The van der Waals surface area contributed by atoms with E-state index in [-0.39, 0.29) is 0 Å². The van der Waals surface area contributed by atoms with E-state index in [4.69, 9.17) is 11.6 Å². The summed E-state index contributed by atoms with van der Waals surface area (Å²) in [5, 5.41) is 2.33. The first-order chi connectivity index (χ1) is 5.25.